The number of rotatable bonds is 5. The van der Waals surface area contributed by atoms with E-state index in [1.54, 1.807) is 0 Å². The van der Waals surface area contributed by atoms with Crippen LogP contribution >= 0.6 is 0 Å². The Morgan fingerprint density at radius 3 is 1.89 bits per heavy atom. The summed E-state index contributed by atoms with van der Waals surface area (Å²) in [5.74, 6) is 0.0989. The fraction of sp³-hybridized carbons (Fsp3) is 0.208. The minimum atomic E-state index is -1.37. The van der Waals surface area contributed by atoms with Gasteiger partial charge < -0.3 is 4.90 Å². The van der Waals surface area contributed by atoms with E-state index in [0.717, 1.165) is 34.0 Å². The summed E-state index contributed by atoms with van der Waals surface area (Å²) in [5.41, 5.74) is 5.12. The smallest absolute Gasteiger partial charge is 0.253 e. The van der Waals surface area contributed by atoms with Crippen molar-refractivity contribution in [3.05, 3.63) is 101 Å². The molecule has 27 heavy (non-hydrogen) atoms. The first kappa shape index (κ1) is 19.1. The average Bonchev–Trinajstić information content (AvgIpc) is 3.11. The molecule has 0 saturated carbocycles. The molecule has 0 fully saturated rings. The number of hydrogen-bond donors (Lipinski definition) is 0. The van der Waals surface area contributed by atoms with Crippen molar-refractivity contribution in [3.8, 4) is 0 Å². The first-order valence-electron chi connectivity index (χ1n) is 9.36. The molecule has 0 spiro atoms. The lowest BCUT2D eigenvalue weighted by Crippen LogP contribution is -2.41. The van der Waals surface area contributed by atoms with Crippen LogP contribution in [0.5, 0.6) is 0 Å². The molecule has 1 aliphatic rings. The van der Waals surface area contributed by atoms with E-state index >= 15 is 0 Å². The zero-order valence-electron chi connectivity index (χ0n) is 16.6. The molecule has 2 aromatic rings. The maximum atomic E-state index is 13.2. The molecule has 0 bridgehead atoms. The van der Waals surface area contributed by atoms with E-state index in [4.69, 9.17) is 0 Å². The molecule has 0 aliphatic heterocycles. The van der Waals surface area contributed by atoms with Crippen molar-refractivity contribution in [1.82, 2.24) is 4.90 Å². The number of likely N-dealkylation sites (N-methyl/N-ethyl adjacent to an activating group) is 1. The van der Waals surface area contributed by atoms with Crippen molar-refractivity contribution < 1.29 is 4.79 Å². The van der Waals surface area contributed by atoms with E-state index in [9.17, 15) is 4.79 Å². The van der Waals surface area contributed by atoms with E-state index in [1.807, 2.05) is 60.5 Å². The van der Waals surface area contributed by atoms with Crippen molar-refractivity contribution >= 4 is 19.6 Å². The molecule has 3 heteroatoms. The van der Waals surface area contributed by atoms with E-state index in [-0.39, 0.29) is 5.91 Å². The molecule has 138 valence electrons. The molecular weight excluding hydrogens is 346 g/mol. The van der Waals surface area contributed by atoms with Gasteiger partial charge in [-0.3, -0.25) is 4.79 Å². The van der Waals surface area contributed by atoms with Gasteiger partial charge in [-0.1, -0.05) is 92.5 Å². The van der Waals surface area contributed by atoms with Gasteiger partial charge in [0.05, 0.1) is 8.07 Å². The third kappa shape index (κ3) is 4.55. The van der Waals surface area contributed by atoms with Crippen LogP contribution in [-0.4, -0.2) is 32.1 Å². The fourth-order valence-corrected chi connectivity index (χ4v) is 5.07. The predicted molar refractivity (Wildman–Crippen MR) is 117 cm³/mol. The Bertz CT molecular complexity index is 861. The zero-order chi connectivity index (χ0) is 19.4. The van der Waals surface area contributed by atoms with Crippen molar-refractivity contribution in [1.29, 1.82) is 0 Å². The second-order valence-corrected chi connectivity index (χ2v) is 13.6. The van der Waals surface area contributed by atoms with E-state index in [0.29, 0.717) is 0 Å². The summed E-state index contributed by atoms with van der Waals surface area (Å²) in [6.45, 7) is 6.86. The molecule has 1 aliphatic carbocycles. The minimum Gasteiger partial charge on any atom is -0.345 e. The number of benzene rings is 2. The molecule has 0 aromatic heterocycles. The lowest BCUT2D eigenvalue weighted by molar-refractivity contribution is -0.124. The highest BCUT2D eigenvalue weighted by Crippen LogP contribution is 2.34. The van der Waals surface area contributed by atoms with Crippen LogP contribution in [0.1, 0.15) is 11.1 Å². The highest BCUT2D eigenvalue weighted by molar-refractivity contribution is 6.76. The summed E-state index contributed by atoms with van der Waals surface area (Å²) >= 11 is 0. The largest absolute Gasteiger partial charge is 0.345 e. The van der Waals surface area contributed by atoms with E-state index < -0.39 is 8.07 Å². The molecular formula is C24H27NOSi. The lowest BCUT2D eigenvalue weighted by Gasteiger charge is -2.26. The van der Waals surface area contributed by atoms with Crippen LogP contribution in [0.4, 0.5) is 0 Å². The van der Waals surface area contributed by atoms with Gasteiger partial charge in [0, 0.05) is 18.8 Å². The van der Waals surface area contributed by atoms with Gasteiger partial charge in [-0.05, 0) is 28.3 Å². The summed E-state index contributed by atoms with van der Waals surface area (Å²) < 4.78 is 0. The minimum absolute atomic E-state index is 0.0989. The number of hydrogen-bond acceptors (Lipinski definition) is 1. The number of carbonyl (C=O) groups is 1. The van der Waals surface area contributed by atoms with Gasteiger partial charge in [0.15, 0.2) is 0 Å². The van der Waals surface area contributed by atoms with Gasteiger partial charge in [0.1, 0.15) is 0 Å². The van der Waals surface area contributed by atoms with Gasteiger partial charge in [0.25, 0.3) is 5.91 Å². The lowest BCUT2D eigenvalue weighted by atomic mass is 9.90. The number of allylic oxidation sites excluding steroid dienone is 3. The van der Waals surface area contributed by atoms with E-state index in [2.05, 4.69) is 50.0 Å². The molecule has 2 nitrogen and oxygen atoms in total. The Hall–Kier alpha value is -2.65. The first-order chi connectivity index (χ1) is 12.9. The standard InChI is InChI=1S/C24H27NOSi/c1-25(18-27(2,3)4)24(26)22-17-11-16-21(22)23(19-12-7-5-8-13-19)20-14-9-6-10-15-20/h5-17H,18H2,1-4H3. The fourth-order valence-electron chi connectivity index (χ4n) is 3.50. The average molecular weight is 374 g/mol. The summed E-state index contributed by atoms with van der Waals surface area (Å²) in [6, 6.07) is 20.6. The van der Waals surface area contributed by atoms with Crippen LogP contribution in [0, 0.1) is 0 Å². The molecule has 0 heterocycles. The maximum Gasteiger partial charge on any atom is 0.253 e. The Morgan fingerprint density at radius 1 is 0.889 bits per heavy atom. The van der Waals surface area contributed by atoms with Crippen molar-refractivity contribution in [2.45, 2.75) is 19.6 Å². The van der Waals surface area contributed by atoms with E-state index in [1.165, 1.54) is 0 Å². The highest BCUT2D eigenvalue weighted by atomic mass is 28.3. The molecule has 0 atom stereocenters. The van der Waals surface area contributed by atoms with Gasteiger partial charge >= 0.3 is 0 Å². The Labute approximate surface area is 163 Å². The van der Waals surface area contributed by atoms with Crippen LogP contribution in [0.25, 0.3) is 5.57 Å². The Kier molecular flexibility index (Phi) is 5.61. The second kappa shape index (κ2) is 7.93. The van der Waals surface area contributed by atoms with Gasteiger partial charge in [-0.15, -0.1) is 0 Å². The van der Waals surface area contributed by atoms with Crippen molar-refractivity contribution in [3.63, 3.8) is 0 Å². The molecule has 0 N–H and O–H groups in total. The molecule has 2 aromatic carbocycles. The topological polar surface area (TPSA) is 20.3 Å². The third-order valence-electron chi connectivity index (χ3n) is 4.50. The predicted octanol–water partition coefficient (Wildman–Crippen LogP) is 5.32. The number of amides is 1. The monoisotopic (exact) mass is 373 g/mol. The van der Waals surface area contributed by atoms with Gasteiger partial charge in [-0.2, -0.15) is 0 Å². The molecule has 1 amide bonds. The molecule has 0 unspecified atom stereocenters. The number of carbonyl (C=O) groups excluding carboxylic acids is 1. The Balaban J connectivity index is 2.07. The van der Waals surface area contributed by atoms with Crippen molar-refractivity contribution in [2.75, 3.05) is 13.2 Å². The summed E-state index contributed by atoms with van der Waals surface area (Å²) in [4.78, 5) is 15.1. The van der Waals surface area contributed by atoms with Crippen molar-refractivity contribution in [2.24, 2.45) is 0 Å². The van der Waals surface area contributed by atoms with Crippen LogP contribution in [0.15, 0.2) is 90.0 Å². The quantitative estimate of drug-likeness (QED) is 0.650. The summed E-state index contributed by atoms with van der Waals surface area (Å²) in [6.07, 6.45) is 6.84. The van der Waals surface area contributed by atoms with Gasteiger partial charge in [0.2, 0.25) is 0 Å². The molecule has 3 rings (SSSR count). The van der Waals surface area contributed by atoms with Crippen LogP contribution in [0.3, 0.4) is 0 Å². The van der Waals surface area contributed by atoms with Gasteiger partial charge in [-0.25, -0.2) is 0 Å². The molecule has 0 saturated heterocycles. The summed E-state index contributed by atoms with van der Waals surface area (Å²) in [7, 11) is 0.549. The van der Waals surface area contributed by atoms with Crippen LogP contribution < -0.4 is 0 Å². The number of nitrogens with zero attached hydrogens (tertiary/aromatic N) is 1. The normalized spacial score (nSPS) is 13.5. The zero-order valence-corrected chi connectivity index (χ0v) is 17.6. The SMILES string of the molecule is CN(C[Si](C)(C)C)C(=O)C1=CC=CC1=C(c1ccccc1)c1ccccc1. The third-order valence-corrected chi connectivity index (χ3v) is 5.92. The highest BCUT2D eigenvalue weighted by Gasteiger charge is 2.26. The first-order valence-corrected chi connectivity index (χ1v) is 13.1. The molecule has 0 radical (unpaired) electrons. The second-order valence-electron chi connectivity index (χ2n) is 8.18. The van der Waals surface area contributed by atoms with Crippen LogP contribution in [0.2, 0.25) is 19.6 Å². The Morgan fingerprint density at radius 2 is 1.41 bits per heavy atom. The maximum absolute atomic E-state index is 13.2. The summed E-state index contributed by atoms with van der Waals surface area (Å²) in [5, 5.41) is 0. The van der Waals surface area contributed by atoms with Crippen LogP contribution in [-0.2, 0) is 4.79 Å².